The highest BCUT2D eigenvalue weighted by Crippen LogP contribution is 2.22. The molecule has 1 N–H and O–H groups in total. The number of phenolic OH excluding ortho intramolecular Hbond substituents is 1. The molecule has 0 unspecified atom stereocenters. The molecule has 1 fully saturated rings. The van der Waals surface area contributed by atoms with Gasteiger partial charge in [0, 0.05) is 18.8 Å². The third-order valence-electron chi connectivity index (χ3n) is 2.07. The summed E-state index contributed by atoms with van der Waals surface area (Å²) in [5.74, 6) is 0.342. The van der Waals surface area contributed by atoms with Gasteiger partial charge in [-0.25, -0.2) is 0 Å². The Balaban J connectivity index is 2.18. The average Bonchev–Trinajstić information content (AvgIpc) is 1.90. The smallest absolute Gasteiger partial charge is 0.115 e. The Morgan fingerprint density at radius 1 is 1.09 bits per heavy atom. The highest BCUT2D eigenvalue weighted by molar-refractivity contribution is 5.50. The second-order valence-electron chi connectivity index (χ2n) is 2.86. The van der Waals surface area contributed by atoms with Crippen LogP contribution < -0.4 is 4.90 Å². The van der Waals surface area contributed by atoms with E-state index in [2.05, 4.69) is 4.90 Å². The lowest BCUT2D eigenvalue weighted by Gasteiger charge is -2.33. The Labute approximate surface area is 66.1 Å². The minimum Gasteiger partial charge on any atom is -0.508 e. The zero-order valence-electron chi connectivity index (χ0n) is 6.33. The van der Waals surface area contributed by atoms with Crippen LogP contribution in [0.1, 0.15) is 6.42 Å². The molecule has 1 heterocycles. The second-order valence-corrected chi connectivity index (χ2v) is 2.86. The van der Waals surface area contributed by atoms with Gasteiger partial charge in [0.1, 0.15) is 5.75 Å². The predicted molar refractivity (Wildman–Crippen MR) is 44.9 cm³/mol. The van der Waals surface area contributed by atoms with E-state index in [1.807, 2.05) is 12.1 Å². The average molecular weight is 149 g/mol. The third kappa shape index (κ3) is 1.16. The fourth-order valence-electron chi connectivity index (χ4n) is 1.24. The van der Waals surface area contributed by atoms with Gasteiger partial charge in [0.25, 0.3) is 0 Å². The van der Waals surface area contributed by atoms with Crippen molar-refractivity contribution >= 4 is 5.69 Å². The molecule has 1 aliphatic rings. The standard InChI is InChI=1S/C9H11NO/c11-9-4-2-8(3-5-9)10-6-1-7-10/h2-5,11H,1,6-7H2. The van der Waals surface area contributed by atoms with Gasteiger partial charge in [-0.1, -0.05) is 0 Å². The molecule has 1 saturated heterocycles. The first-order valence-electron chi connectivity index (χ1n) is 3.90. The van der Waals surface area contributed by atoms with E-state index >= 15 is 0 Å². The van der Waals surface area contributed by atoms with Gasteiger partial charge in [-0.3, -0.25) is 0 Å². The first-order valence-corrected chi connectivity index (χ1v) is 3.90. The Hall–Kier alpha value is -1.18. The summed E-state index contributed by atoms with van der Waals surface area (Å²) in [6.45, 7) is 2.32. The molecule has 0 radical (unpaired) electrons. The van der Waals surface area contributed by atoms with Gasteiger partial charge >= 0.3 is 0 Å². The molecule has 0 aromatic heterocycles. The molecule has 0 amide bonds. The van der Waals surface area contributed by atoms with Gasteiger partial charge in [-0.2, -0.15) is 0 Å². The van der Waals surface area contributed by atoms with Gasteiger partial charge in [-0.05, 0) is 30.7 Å². The highest BCUT2D eigenvalue weighted by atomic mass is 16.3. The van der Waals surface area contributed by atoms with E-state index in [9.17, 15) is 0 Å². The SMILES string of the molecule is Oc1ccc(N2CCC2)cc1. The van der Waals surface area contributed by atoms with Crippen LogP contribution in [0.5, 0.6) is 5.75 Å². The molecular formula is C9H11NO. The van der Waals surface area contributed by atoms with E-state index in [1.165, 1.54) is 12.1 Å². The quantitative estimate of drug-likeness (QED) is 0.655. The van der Waals surface area contributed by atoms with Gasteiger partial charge in [0.2, 0.25) is 0 Å². The van der Waals surface area contributed by atoms with E-state index in [4.69, 9.17) is 5.11 Å². The number of nitrogens with zero attached hydrogens (tertiary/aromatic N) is 1. The van der Waals surface area contributed by atoms with Crippen LogP contribution in [0.15, 0.2) is 24.3 Å². The maximum absolute atomic E-state index is 9.01. The van der Waals surface area contributed by atoms with Crippen LogP contribution in [0.3, 0.4) is 0 Å². The Bertz CT molecular complexity index is 238. The molecule has 1 aromatic rings. The molecule has 0 spiro atoms. The van der Waals surface area contributed by atoms with E-state index in [0.717, 1.165) is 13.1 Å². The summed E-state index contributed by atoms with van der Waals surface area (Å²) in [4.78, 5) is 2.29. The van der Waals surface area contributed by atoms with Gasteiger partial charge in [-0.15, -0.1) is 0 Å². The highest BCUT2D eigenvalue weighted by Gasteiger charge is 2.13. The number of benzene rings is 1. The Kier molecular flexibility index (Phi) is 1.46. The van der Waals surface area contributed by atoms with Crippen molar-refractivity contribution in [3.05, 3.63) is 24.3 Å². The summed E-state index contributed by atoms with van der Waals surface area (Å²) >= 11 is 0. The van der Waals surface area contributed by atoms with Crippen LogP contribution in [0.4, 0.5) is 5.69 Å². The summed E-state index contributed by atoms with van der Waals surface area (Å²) < 4.78 is 0. The number of hydrogen-bond donors (Lipinski definition) is 1. The monoisotopic (exact) mass is 149 g/mol. The van der Waals surface area contributed by atoms with Crippen molar-refractivity contribution in [1.82, 2.24) is 0 Å². The number of anilines is 1. The molecule has 0 bridgehead atoms. The molecular weight excluding hydrogens is 138 g/mol. The zero-order valence-corrected chi connectivity index (χ0v) is 6.33. The topological polar surface area (TPSA) is 23.5 Å². The fraction of sp³-hybridized carbons (Fsp3) is 0.333. The predicted octanol–water partition coefficient (Wildman–Crippen LogP) is 1.60. The summed E-state index contributed by atoms with van der Waals surface area (Å²) in [6, 6.07) is 7.37. The molecule has 0 aliphatic carbocycles. The van der Waals surface area contributed by atoms with Crippen LogP contribution in [-0.4, -0.2) is 18.2 Å². The van der Waals surface area contributed by atoms with Crippen LogP contribution in [0.2, 0.25) is 0 Å². The molecule has 0 atom stereocenters. The largest absolute Gasteiger partial charge is 0.508 e. The Morgan fingerprint density at radius 2 is 1.73 bits per heavy atom. The molecule has 11 heavy (non-hydrogen) atoms. The van der Waals surface area contributed by atoms with Gasteiger partial charge in [0.15, 0.2) is 0 Å². The van der Waals surface area contributed by atoms with Crippen molar-refractivity contribution in [2.24, 2.45) is 0 Å². The molecule has 2 heteroatoms. The number of aromatic hydroxyl groups is 1. The van der Waals surface area contributed by atoms with Gasteiger partial charge in [0.05, 0.1) is 0 Å². The van der Waals surface area contributed by atoms with E-state index < -0.39 is 0 Å². The third-order valence-corrected chi connectivity index (χ3v) is 2.07. The number of hydrogen-bond acceptors (Lipinski definition) is 2. The van der Waals surface area contributed by atoms with Crippen molar-refractivity contribution in [1.29, 1.82) is 0 Å². The number of phenols is 1. The second kappa shape index (κ2) is 2.46. The van der Waals surface area contributed by atoms with Crippen molar-refractivity contribution in [2.45, 2.75) is 6.42 Å². The maximum Gasteiger partial charge on any atom is 0.115 e. The molecule has 1 aliphatic heterocycles. The van der Waals surface area contributed by atoms with Crippen molar-refractivity contribution in [3.8, 4) is 5.75 Å². The first-order chi connectivity index (χ1) is 5.36. The van der Waals surface area contributed by atoms with Crippen molar-refractivity contribution < 1.29 is 5.11 Å². The number of rotatable bonds is 1. The van der Waals surface area contributed by atoms with E-state index in [0.29, 0.717) is 5.75 Å². The van der Waals surface area contributed by atoms with Crippen molar-refractivity contribution in [2.75, 3.05) is 18.0 Å². The normalized spacial score (nSPS) is 16.2. The van der Waals surface area contributed by atoms with Gasteiger partial charge < -0.3 is 10.0 Å². The van der Waals surface area contributed by atoms with Crippen molar-refractivity contribution in [3.63, 3.8) is 0 Å². The summed E-state index contributed by atoms with van der Waals surface area (Å²) in [5, 5.41) is 9.01. The lowest BCUT2D eigenvalue weighted by atomic mass is 10.2. The summed E-state index contributed by atoms with van der Waals surface area (Å²) in [7, 11) is 0. The lowest BCUT2D eigenvalue weighted by Crippen LogP contribution is -2.36. The maximum atomic E-state index is 9.01. The molecule has 1 aromatic carbocycles. The molecule has 2 nitrogen and oxygen atoms in total. The molecule has 58 valence electrons. The first kappa shape index (κ1) is 6.53. The minimum atomic E-state index is 0.342. The fourth-order valence-corrected chi connectivity index (χ4v) is 1.24. The Morgan fingerprint density at radius 3 is 2.18 bits per heavy atom. The summed E-state index contributed by atoms with van der Waals surface area (Å²) in [5.41, 5.74) is 1.22. The minimum absolute atomic E-state index is 0.342. The zero-order chi connectivity index (χ0) is 7.68. The molecule has 2 rings (SSSR count). The van der Waals surface area contributed by atoms with E-state index in [1.54, 1.807) is 12.1 Å². The molecule has 0 saturated carbocycles. The van der Waals surface area contributed by atoms with Crippen LogP contribution >= 0.6 is 0 Å². The van der Waals surface area contributed by atoms with Crippen LogP contribution in [0, 0.1) is 0 Å². The van der Waals surface area contributed by atoms with Crippen LogP contribution in [0.25, 0.3) is 0 Å². The summed E-state index contributed by atoms with van der Waals surface area (Å²) in [6.07, 6.45) is 1.29. The van der Waals surface area contributed by atoms with Crippen LogP contribution in [-0.2, 0) is 0 Å². The lowest BCUT2D eigenvalue weighted by molar-refractivity contribution is 0.475. The van der Waals surface area contributed by atoms with E-state index in [-0.39, 0.29) is 0 Å².